The minimum atomic E-state index is -5.08. The number of amides is 1. The first-order chi connectivity index (χ1) is 13.7. The van der Waals surface area contributed by atoms with Crippen molar-refractivity contribution in [2.75, 3.05) is 33.4 Å². The van der Waals surface area contributed by atoms with E-state index in [1.54, 1.807) is 13.3 Å². The Morgan fingerprint density at radius 2 is 2.10 bits per heavy atom. The van der Waals surface area contributed by atoms with E-state index in [2.05, 4.69) is 20.9 Å². The molecule has 7 nitrogen and oxygen atoms in total. The van der Waals surface area contributed by atoms with Crippen LogP contribution < -0.4 is 0 Å². The summed E-state index contributed by atoms with van der Waals surface area (Å²) in [6.07, 6.45) is 2.49. The van der Waals surface area contributed by atoms with Crippen LogP contribution in [0.5, 0.6) is 0 Å². The average Bonchev–Trinajstić information content (AvgIpc) is 2.96. The second-order valence-electron chi connectivity index (χ2n) is 7.24. The van der Waals surface area contributed by atoms with Gasteiger partial charge < -0.3 is 14.7 Å². The van der Waals surface area contributed by atoms with Crippen LogP contribution in [0.1, 0.15) is 31.2 Å². The van der Waals surface area contributed by atoms with Gasteiger partial charge in [0.15, 0.2) is 0 Å². The number of hydrogen-bond donors (Lipinski definition) is 1. The lowest BCUT2D eigenvalue weighted by atomic mass is 9.86. The van der Waals surface area contributed by atoms with Gasteiger partial charge >= 0.3 is 12.1 Å². The molecular weight excluding hydrogens is 391 g/mol. The van der Waals surface area contributed by atoms with E-state index in [4.69, 9.17) is 14.6 Å². The van der Waals surface area contributed by atoms with Crippen LogP contribution in [0.25, 0.3) is 0 Å². The van der Waals surface area contributed by atoms with Gasteiger partial charge in [0.25, 0.3) is 0 Å². The predicted octanol–water partition coefficient (Wildman–Crippen LogP) is 2.32. The molecule has 2 fully saturated rings. The Bertz CT molecular complexity index is 687. The number of pyridine rings is 1. The van der Waals surface area contributed by atoms with Gasteiger partial charge in [-0.05, 0) is 37.4 Å². The zero-order valence-electron chi connectivity index (χ0n) is 16.3. The number of hydrogen-bond acceptors (Lipinski definition) is 5. The van der Waals surface area contributed by atoms with E-state index in [0.29, 0.717) is 13.0 Å². The first kappa shape index (κ1) is 23.1. The van der Waals surface area contributed by atoms with E-state index in [1.165, 1.54) is 0 Å². The second-order valence-corrected chi connectivity index (χ2v) is 7.24. The van der Waals surface area contributed by atoms with Gasteiger partial charge in [0.2, 0.25) is 5.91 Å². The third kappa shape index (κ3) is 6.40. The van der Waals surface area contributed by atoms with Crippen molar-refractivity contribution < 1.29 is 32.6 Å². The fourth-order valence-corrected chi connectivity index (χ4v) is 3.85. The van der Waals surface area contributed by atoms with Gasteiger partial charge in [0.05, 0.1) is 12.1 Å². The lowest BCUT2D eigenvalue weighted by Crippen LogP contribution is -2.56. The molecule has 3 rings (SSSR count). The van der Waals surface area contributed by atoms with E-state index >= 15 is 0 Å². The number of carbonyl (C=O) groups excluding carboxylic acids is 1. The summed E-state index contributed by atoms with van der Waals surface area (Å²) in [5.74, 6) is -2.47. The molecule has 1 spiro atoms. The molecule has 0 aliphatic carbocycles. The maximum atomic E-state index is 12.4. The summed E-state index contributed by atoms with van der Waals surface area (Å²) in [5.41, 5.74) is 1.13. The third-order valence-corrected chi connectivity index (χ3v) is 5.23. The number of nitrogens with zero attached hydrogens (tertiary/aromatic N) is 3. The monoisotopic (exact) mass is 417 g/mol. The first-order valence-electron chi connectivity index (χ1n) is 9.39. The van der Waals surface area contributed by atoms with Crippen LogP contribution in [-0.2, 0) is 20.9 Å². The Balaban J connectivity index is 0.000000370. The normalized spacial score (nSPS) is 22.5. The highest BCUT2D eigenvalue weighted by Gasteiger charge is 2.47. The lowest BCUT2D eigenvalue weighted by molar-refractivity contribution is -0.192. The summed E-state index contributed by atoms with van der Waals surface area (Å²) >= 11 is 0. The summed E-state index contributed by atoms with van der Waals surface area (Å²) in [6.45, 7) is 4.48. The Morgan fingerprint density at radius 1 is 1.38 bits per heavy atom. The first-order valence-corrected chi connectivity index (χ1v) is 9.39. The summed E-state index contributed by atoms with van der Waals surface area (Å²) in [5, 5.41) is 7.12. The van der Waals surface area contributed by atoms with Gasteiger partial charge in [-0.2, -0.15) is 13.2 Å². The Hall–Kier alpha value is -2.20. The molecule has 0 bridgehead atoms. The number of alkyl halides is 3. The molecule has 1 amide bonds. The van der Waals surface area contributed by atoms with Gasteiger partial charge in [-0.15, -0.1) is 0 Å². The third-order valence-electron chi connectivity index (χ3n) is 5.23. The molecular formula is C19H26F3N3O4. The lowest BCUT2D eigenvalue weighted by Gasteiger charge is -2.46. The largest absolute Gasteiger partial charge is 0.490 e. The van der Waals surface area contributed by atoms with Crippen molar-refractivity contribution in [1.82, 2.24) is 14.8 Å². The van der Waals surface area contributed by atoms with Crippen LogP contribution in [0, 0.1) is 0 Å². The van der Waals surface area contributed by atoms with Gasteiger partial charge in [-0.25, -0.2) is 4.79 Å². The summed E-state index contributed by atoms with van der Waals surface area (Å²) < 4.78 is 36.9. The fourth-order valence-electron chi connectivity index (χ4n) is 3.85. The van der Waals surface area contributed by atoms with Gasteiger partial charge in [-0.3, -0.25) is 14.7 Å². The van der Waals surface area contributed by atoms with Crippen LogP contribution in [0.15, 0.2) is 24.5 Å². The molecule has 2 saturated heterocycles. The number of ether oxygens (including phenoxy) is 1. The molecule has 0 radical (unpaired) electrons. The smallest absolute Gasteiger partial charge is 0.475 e. The molecule has 2 aliphatic heterocycles. The van der Waals surface area contributed by atoms with Crippen LogP contribution in [0.4, 0.5) is 13.2 Å². The number of carbonyl (C=O) groups is 2. The zero-order chi connectivity index (χ0) is 21.5. The number of rotatable bonds is 5. The Morgan fingerprint density at radius 3 is 2.69 bits per heavy atom. The summed E-state index contributed by atoms with van der Waals surface area (Å²) in [6, 6.07) is 3.99. The SMILES string of the molecule is COCCN1CCCC2(CCC(=O)N2Cc2cccnc2)C1.O=C(O)C(F)(F)F. The van der Waals surface area contributed by atoms with Gasteiger partial charge in [-0.1, -0.05) is 6.07 Å². The minimum Gasteiger partial charge on any atom is -0.475 e. The molecule has 1 aromatic heterocycles. The molecule has 0 saturated carbocycles. The topological polar surface area (TPSA) is 83.0 Å². The number of halogens is 3. The van der Waals surface area contributed by atoms with Crippen molar-refractivity contribution in [3.63, 3.8) is 0 Å². The summed E-state index contributed by atoms with van der Waals surface area (Å²) in [4.78, 5) is 30.1. The molecule has 1 atom stereocenters. The van der Waals surface area contributed by atoms with Crippen molar-refractivity contribution in [1.29, 1.82) is 0 Å². The number of carboxylic acids is 1. The number of carboxylic acid groups (broad SMARTS) is 1. The Kier molecular flexibility index (Phi) is 7.97. The minimum absolute atomic E-state index is 0.0128. The summed E-state index contributed by atoms with van der Waals surface area (Å²) in [7, 11) is 1.74. The van der Waals surface area contributed by atoms with E-state index in [0.717, 1.165) is 51.1 Å². The van der Waals surface area contributed by atoms with Gasteiger partial charge in [0, 0.05) is 45.6 Å². The highest BCUT2D eigenvalue weighted by Crippen LogP contribution is 2.38. The molecule has 162 valence electrons. The molecule has 1 aromatic rings. The quantitative estimate of drug-likeness (QED) is 0.792. The highest BCUT2D eigenvalue weighted by molar-refractivity contribution is 5.79. The Labute approximate surface area is 167 Å². The maximum Gasteiger partial charge on any atom is 0.490 e. The van der Waals surface area contributed by atoms with E-state index in [-0.39, 0.29) is 11.4 Å². The highest BCUT2D eigenvalue weighted by atomic mass is 19.4. The number of aromatic nitrogens is 1. The van der Waals surface area contributed by atoms with Crippen LogP contribution >= 0.6 is 0 Å². The second kappa shape index (κ2) is 10.0. The van der Waals surface area contributed by atoms with E-state index < -0.39 is 12.1 Å². The van der Waals surface area contributed by atoms with E-state index in [9.17, 15) is 18.0 Å². The average molecular weight is 417 g/mol. The predicted molar refractivity (Wildman–Crippen MR) is 98.0 cm³/mol. The molecule has 0 aromatic carbocycles. The maximum absolute atomic E-state index is 12.4. The molecule has 2 aliphatic rings. The molecule has 3 heterocycles. The van der Waals surface area contributed by atoms with Crippen molar-refractivity contribution in [2.45, 2.75) is 43.9 Å². The van der Waals surface area contributed by atoms with Crippen molar-refractivity contribution in [2.24, 2.45) is 0 Å². The van der Waals surface area contributed by atoms with Crippen molar-refractivity contribution >= 4 is 11.9 Å². The van der Waals surface area contributed by atoms with Crippen LogP contribution in [0.2, 0.25) is 0 Å². The number of aliphatic carboxylic acids is 1. The number of likely N-dealkylation sites (tertiary alicyclic amines) is 2. The van der Waals surface area contributed by atoms with E-state index in [1.807, 2.05) is 12.3 Å². The molecule has 10 heteroatoms. The number of methoxy groups -OCH3 is 1. The fraction of sp³-hybridized carbons (Fsp3) is 0.632. The standard InChI is InChI=1S/C17H25N3O2.C2HF3O2/c1-22-11-10-19-9-3-6-17(14-19)7-5-16(21)20(17)13-15-4-2-8-18-12-15;3-2(4,5)1(6)7/h2,4,8,12H,3,5-7,9-11,13-14H2,1H3;(H,6,7). The molecule has 1 N–H and O–H groups in total. The van der Waals surface area contributed by atoms with Crippen LogP contribution in [0.3, 0.4) is 0 Å². The molecule has 29 heavy (non-hydrogen) atoms. The number of piperidine rings is 1. The van der Waals surface area contributed by atoms with Crippen molar-refractivity contribution in [3.05, 3.63) is 30.1 Å². The zero-order valence-corrected chi connectivity index (χ0v) is 16.3. The van der Waals surface area contributed by atoms with Crippen molar-refractivity contribution in [3.8, 4) is 0 Å². The van der Waals surface area contributed by atoms with Crippen LogP contribution in [-0.4, -0.2) is 76.8 Å². The van der Waals surface area contributed by atoms with Gasteiger partial charge in [0.1, 0.15) is 0 Å². The molecule has 1 unspecified atom stereocenters.